The van der Waals surface area contributed by atoms with E-state index in [2.05, 4.69) is 21.0 Å². The van der Waals surface area contributed by atoms with E-state index in [0.29, 0.717) is 27.2 Å². The zero-order valence-corrected chi connectivity index (χ0v) is 11.0. The van der Waals surface area contributed by atoms with E-state index in [1.54, 1.807) is 13.1 Å². The van der Waals surface area contributed by atoms with Gasteiger partial charge in [0.1, 0.15) is 17.4 Å². The van der Waals surface area contributed by atoms with Crippen molar-refractivity contribution in [2.45, 2.75) is 0 Å². The number of rotatable bonds is 2. The lowest BCUT2D eigenvalue weighted by Gasteiger charge is -2.11. The molecule has 0 aliphatic carbocycles. The SMILES string of the molecule is COc1c(Br)ccc(F)c1-c1cnn(C)c1N. The van der Waals surface area contributed by atoms with Crippen LogP contribution >= 0.6 is 15.9 Å². The van der Waals surface area contributed by atoms with Gasteiger partial charge in [-0.15, -0.1) is 0 Å². The highest BCUT2D eigenvalue weighted by atomic mass is 79.9. The van der Waals surface area contributed by atoms with Gasteiger partial charge < -0.3 is 10.5 Å². The summed E-state index contributed by atoms with van der Waals surface area (Å²) in [6.45, 7) is 0. The van der Waals surface area contributed by atoms with Crippen LogP contribution in [-0.2, 0) is 7.05 Å². The molecule has 2 N–H and O–H groups in total. The van der Waals surface area contributed by atoms with Gasteiger partial charge in [0.2, 0.25) is 0 Å². The maximum absolute atomic E-state index is 13.9. The first kappa shape index (κ1) is 11.9. The second-order valence-electron chi connectivity index (χ2n) is 3.50. The molecule has 6 heteroatoms. The number of hydrogen-bond donors (Lipinski definition) is 1. The van der Waals surface area contributed by atoms with Crippen molar-refractivity contribution in [3.8, 4) is 16.9 Å². The van der Waals surface area contributed by atoms with Crippen molar-refractivity contribution in [2.75, 3.05) is 12.8 Å². The summed E-state index contributed by atoms with van der Waals surface area (Å²) in [5.41, 5.74) is 6.67. The summed E-state index contributed by atoms with van der Waals surface area (Å²) in [5.74, 6) is 0.398. The van der Waals surface area contributed by atoms with E-state index < -0.39 is 5.82 Å². The van der Waals surface area contributed by atoms with Crippen molar-refractivity contribution in [3.63, 3.8) is 0 Å². The van der Waals surface area contributed by atoms with E-state index in [4.69, 9.17) is 10.5 Å². The van der Waals surface area contributed by atoms with Gasteiger partial charge >= 0.3 is 0 Å². The minimum atomic E-state index is -0.398. The lowest BCUT2D eigenvalue weighted by atomic mass is 10.1. The summed E-state index contributed by atoms with van der Waals surface area (Å²) >= 11 is 3.31. The fourth-order valence-corrected chi connectivity index (χ4v) is 2.12. The standard InChI is InChI=1S/C11H11BrFN3O/c1-16-11(14)6(5-15-16)9-8(13)4-3-7(12)10(9)17-2/h3-5H,14H2,1-2H3. The van der Waals surface area contributed by atoms with Gasteiger partial charge in [0.15, 0.2) is 0 Å². The molecule has 0 spiro atoms. The number of aryl methyl sites for hydroxylation is 1. The molecule has 2 aromatic rings. The highest BCUT2D eigenvalue weighted by Crippen LogP contribution is 2.40. The molecule has 1 aromatic carbocycles. The third-order valence-corrected chi connectivity index (χ3v) is 3.14. The monoisotopic (exact) mass is 299 g/mol. The predicted octanol–water partition coefficient (Wildman–Crippen LogP) is 2.58. The Labute approximate surface area is 106 Å². The molecule has 1 aromatic heterocycles. The third kappa shape index (κ3) is 1.88. The first-order valence-electron chi connectivity index (χ1n) is 4.86. The highest BCUT2D eigenvalue weighted by Gasteiger charge is 2.19. The summed E-state index contributed by atoms with van der Waals surface area (Å²) in [5, 5.41) is 3.99. The van der Waals surface area contributed by atoms with Crippen molar-refractivity contribution in [2.24, 2.45) is 7.05 Å². The van der Waals surface area contributed by atoms with E-state index in [-0.39, 0.29) is 0 Å². The number of anilines is 1. The van der Waals surface area contributed by atoms with Crippen molar-refractivity contribution in [1.29, 1.82) is 0 Å². The summed E-state index contributed by atoms with van der Waals surface area (Å²) in [7, 11) is 3.18. The fraction of sp³-hybridized carbons (Fsp3) is 0.182. The Balaban J connectivity index is 2.74. The molecular formula is C11H11BrFN3O. The maximum atomic E-state index is 13.9. The van der Waals surface area contributed by atoms with Crippen LogP contribution in [0.4, 0.5) is 10.2 Å². The second-order valence-corrected chi connectivity index (χ2v) is 4.36. The fourth-order valence-electron chi connectivity index (χ4n) is 1.62. The minimum absolute atomic E-state index is 0.312. The van der Waals surface area contributed by atoms with Gasteiger partial charge in [0.05, 0.1) is 28.9 Å². The number of nitrogens with two attached hydrogens (primary N) is 1. The third-order valence-electron chi connectivity index (χ3n) is 2.52. The Kier molecular flexibility index (Phi) is 3.06. The van der Waals surface area contributed by atoms with Crippen LogP contribution in [0, 0.1) is 5.82 Å². The van der Waals surface area contributed by atoms with E-state index >= 15 is 0 Å². The zero-order chi connectivity index (χ0) is 12.6. The molecular weight excluding hydrogens is 289 g/mol. The summed E-state index contributed by atoms with van der Waals surface area (Å²) < 4.78 is 21.2. The molecule has 0 fully saturated rings. The van der Waals surface area contributed by atoms with E-state index in [1.807, 2.05) is 0 Å². The van der Waals surface area contributed by atoms with Gasteiger partial charge in [-0.2, -0.15) is 5.10 Å². The largest absolute Gasteiger partial charge is 0.495 e. The van der Waals surface area contributed by atoms with E-state index in [0.717, 1.165) is 0 Å². The molecule has 0 saturated heterocycles. The van der Waals surface area contributed by atoms with Crippen LogP contribution in [0.2, 0.25) is 0 Å². The quantitative estimate of drug-likeness (QED) is 0.927. The Morgan fingerprint density at radius 1 is 1.47 bits per heavy atom. The number of aromatic nitrogens is 2. The number of hydrogen-bond acceptors (Lipinski definition) is 3. The van der Waals surface area contributed by atoms with Crippen LogP contribution in [0.15, 0.2) is 22.8 Å². The topological polar surface area (TPSA) is 53.1 Å². The van der Waals surface area contributed by atoms with E-state index in [9.17, 15) is 4.39 Å². The normalized spacial score (nSPS) is 10.6. The zero-order valence-electron chi connectivity index (χ0n) is 9.37. The molecule has 90 valence electrons. The number of ether oxygens (including phenoxy) is 1. The first-order chi connectivity index (χ1) is 8.06. The summed E-state index contributed by atoms with van der Waals surface area (Å²) in [4.78, 5) is 0. The number of benzene rings is 1. The molecule has 1 heterocycles. The summed E-state index contributed by atoms with van der Waals surface area (Å²) in [6, 6.07) is 2.94. The Bertz CT molecular complexity index is 568. The number of methoxy groups -OCH3 is 1. The Morgan fingerprint density at radius 3 is 2.71 bits per heavy atom. The lowest BCUT2D eigenvalue weighted by Crippen LogP contribution is -2.00. The minimum Gasteiger partial charge on any atom is -0.495 e. The molecule has 0 aliphatic rings. The lowest BCUT2D eigenvalue weighted by molar-refractivity contribution is 0.411. The van der Waals surface area contributed by atoms with Crippen molar-refractivity contribution < 1.29 is 9.13 Å². The molecule has 0 saturated carbocycles. The molecule has 2 rings (SSSR count). The van der Waals surface area contributed by atoms with Crippen LogP contribution < -0.4 is 10.5 Å². The van der Waals surface area contributed by atoms with Gasteiger partial charge in [-0.25, -0.2) is 4.39 Å². The van der Waals surface area contributed by atoms with Crippen LogP contribution in [0.5, 0.6) is 5.75 Å². The van der Waals surface area contributed by atoms with Gasteiger partial charge in [0, 0.05) is 7.05 Å². The van der Waals surface area contributed by atoms with Crippen LogP contribution in [-0.4, -0.2) is 16.9 Å². The van der Waals surface area contributed by atoms with Crippen LogP contribution in [0.25, 0.3) is 11.1 Å². The molecule has 0 atom stereocenters. The van der Waals surface area contributed by atoms with Crippen LogP contribution in [0.1, 0.15) is 0 Å². The smallest absolute Gasteiger partial charge is 0.144 e. The van der Waals surface area contributed by atoms with Crippen molar-refractivity contribution in [3.05, 3.63) is 28.6 Å². The van der Waals surface area contributed by atoms with Crippen LogP contribution in [0.3, 0.4) is 0 Å². The molecule has 4 nitrogen and oxygen atoms in total. The molecule has 0 bridgehead atoms. The first-order valence-corrected chi connectivity index (χ1v) is 5.65. The molecule has 0 amide bonds. The van der Waals surface area contributed by atoms with Gasteiger partial charge in [-0.1, -0.05) is 0 Å². The molecule has 0 aliphatic heterocycles. The molecule has 0 radical (unpaired) electrons. The van der Waals surface area contributed by atoms with Crippen molar-refractivity contribution in [1.82, 2.24) is 9.78 Å². The number of nitrogens with zero attached hydrogens (tertiary/aromatic N) is 2. The number of nitrogen functional groups attached to an aromatic ring is 1. The maximum Gasteiger partial charge on any atom is 0.144 e. The van der Waals surface area contributed by atoms with Gasteiger partial charge in [0.25, 0.3) is 0 Å². The van der Waals surface area contributed by atoms with Gasteiger partial charge in [-0.3, -0.25) is 4.68 Å². The average Bonchev–Trinajstić information content (AvgIpc) is 2.63. The Hall–Kier alpha value is -1.56. The average molecular weight is 300 g/mol. The predicted molar refractivity (Wildman–Crippen MR) is 67.3 cm³/mol. The van der Waals surface area contributed by atoms with E-state index in [1.165, 1.54) is 24.1 Å². The van der Waals surface area contributed by atoms with Gasteiger partial charge in [-0.05, 0) is 28.1 Å². The number of halogens is 2. The molecule has 17 heavy (non-hydrogen) atoms. The summed E-state index contributed by atoms with van der Waals surface area (Å²) in [6.07, 6.45) is 1.52. The molecule has 0 unspecified atom stereocenters. The Morgan fingerprint density at radius 2 is 2.18 bits per heavy atom. The second kappa shape index (κ2) is 4.37. The van der Waals surface area contributed by atoms with Crippen molar-refractivity contribution >= 4 is 21.7 Å². The highest BCUT2D eigenvalue weighted by molar-refractivity contribution is 9.10.